The molecule has 0 N–H and O–H groups in total. The standard InChI is InChI=1S/C10H15Br/c1-3-9(10-6-7-10)5-4-8(2)11/h4-5,10H,3,6-7H2,1-2H3/b8-4+,9-5+. The summed E-state index contributed by atoms with van der Waals surface area (Å²) in [6, 6.07) is 0. The van der Waals surface area contributed by atoms with E-state index >= 15 is 0 Å². The van der Waals surface area contributed by atoms with Gasteiger partial charge in [-0.3, -0.25) is 0 Å². The third kappa shape index (κ3) is 3.24. The summed E-state index contributed by atoms with van der Waals surface area (Å²) in [5.41, 5.74) is 1.61. The number of allylic oxidation sites excluding steroid dienone is 4. The second-order valence-corrected chi connectivity index (χ2v) is 4.37. The molecule has 0 saturated heterocycles. The molecular weight excluding hydrogens is 200 g/mol. The molecule has 1 saturated carbocycles. The summed E-state index contributed by atoms with van der Waals surface area (Å²) in [6.45, 7) is 4.30. The van der Waals surface area contributed by atoms with Gasteiger partial charge in [-0.15, -0.1) is 0 Å². The minimum absolute atomic E-state index is 0.920. The van der Waals surface area contributed by atoms with E-state index in [1.165, 1.54) is 23.7 Å². The van der Waals surface area contributed by atoms with Crippen LogP contribution >= 0.6 is 15.9 Å². The predicted octanol–water partition coefficient (Wildman–Crippen LogP) is 4.03. The van der Waals surface area contributed by atoms with Crippen LogP contribution in [0, 0.1) is 5.92 Å². The quantitative estimate of drug-likeness (QED) is 0.623. The van der Waals surface area contributed by atoms with Crippen LogP contribution < -0.4 is 0 Å². The van der Waals surface area contributed by atoms with Crippen molar-refractivity contribution in [1.82, 2.24) is 0 Å². The fraction of sp³-hybridized carbons (Fsp3) is 0.600. The van der Waals surface area contributed by atoms with Crippen LogP contribution in [0.25, 0.3) is 0 Å². The largest absolute Gasteiger partial charge is 0.0674 e. The number of hydrogen-bond donors (Lipinski definition) is 0. The lowest BCUT2D eigenvalue weighted by Crippen LogP contribution is -1.81. The summed E-state index contributed by atoms with van der Waals surface area (Å²) in [5.74, 6) is 0.920. The molecule has 62 valence electrons. The zero-order valence-electron chi connectivity index (χ0n) is 7.23. The molecule has 1 aliphatic carbocycles. The van der Waals surface area contributed by atoms with Gasteiger partial charge in [0.2, 0.25) is 0 Å². The van der Waals surface area contributed by atoms with Crippen molar-refractivity contribution < 1.29 is 0 Å². The van der Waals surface area contributed by atoms with Crippen LogP contribution in [0.15, 0.2) is 22.2 Å². The van der Waals surface area contributed by atoms with Crippen molar-refractivity contribution in [3.05, 3.63) is 22.2 Å². The van der Waals surface area contributed by atoms with Crippen molar-refractivity contribution in [3.63, 3.8) is 0 Å². The minimum Gasteiger partial charge on any atom is -0.0674 e. The molecule has 0 unspecified atom stereocenters. The Morgan fingerprint density at radius 1 is 1.45 bits per heavy atom. The van der Waals surface area contributed by atoms with Gasteiger partial charge in [0.25, 0.3) is 0 Å². The molecule has 0 spiro atoms. The van der Waals surface area contributed by atoms with Crippen molar-refractivity contribution in [2.45, 2.75) is 33.1 Å². The summed E-state index contributed by atoms with van der Waals surface area (Å²) < 4.78 is 1.21. The molecule has 0 aromatic heterocycles. The van der Waals surface area contributed by atoms with Crippen LogP contribution in [0.5, 0.6) is 0 Å². The van der Waals surface area contributed by atoms with E-state index in [9.17, 15) is 0 Å². The Balaban J connectivity index is 2.52. The fourth-order valence-electron chi connectivity index (χ4n) is 1.22. The van der Waals surface area contributed by atoms with Crippen LogP contribution in [0.3, 0.4) is 0 Å². The van der Waals surface area contributed by atoms with E-state index in [-0.39, 0.29) is 0 Å². The van der Waals surface area contributed by atoms with Gasteiger partial charge in [-0.05, 0) is 36.6 Å². The van der Waals surface area contributed by atoms with Crippen molar-refractivity contribution in [3.8, 4) is 0 Å². The molecular formula is C10H15Br. The zero-order valence-corrected chi connectivity index (χ0v) is 8.82. The zero-order chi connectivity index (χ0) is 8.27. The third-order valence-corrected chi connectivity index (χ3v) is 2.30. The van der Waals surface area contributed by atoms with E-state index in [1.807, 2.05) is 0 Å². The van der Waals surface area contributed by atoms with Gasteiger partial charge in [0.1, 0.15) is 0 Å². The van der Waals surface area contributed by atoms with Crippen LogP contribution in [-0.2, 0) is 0 Å². The summed E-state index contributed by atoms with van der Waals surface area (Å²) >= 11 is 3.42. The van der Waals surface area contributed by atoms with E-state index in [2.05, 4.69) is 41.9 Å². The smallest absolute Gasteiger partial charge is 0.00804 e. The first-order chi connectivity index (χ1) is 5.24. The molecule has 0 atom stereocenters. The van der Waals surface area contributed by atoms with Gasteiger partial charge in [-0.1, -0.05) is 40.6 Å². The molecule has 0 heterocycles. The highest BCUT2D eigenvalue weighted by Gasteiger charge is 2.23. The van der Waals surface area contributed by atoms with Crippen molar-refractivity contribution in [2.24, 2.45) is 5.92 Å². The number of halogens is 1. The van der Waals surface area contributed by atoms with E-state index in [1.54, 1.807) is 5.57 Å². The number of hydrogen-bond acceptors (Lipinski definition) is 0. The van der Waals surface area contributed by atoms with Gasteiger partial charge in [0.15, 0.2) is 0 Å². The minimum atomic E-state index is 0.920. The second-order valence-electron chi connectivity index (χ2n) is 3.12. The van der Waals surface area contributed by atoms with Gasteiger partial charge in [-0.25, -0.2) is 0 Å². The lowest BCUT2D eigenvalue weighted by atomic mass is 10.1. The Morgan fingerprint density at radius 3 is 2.45 bits per heavy atom. The molecule has 1 heteroatoms. The van der Waals surface area contributed by atoms with E-state index < -0.39 is 0 Å². The van der Waals surface area contributed by atoms with Crippen molar-refractivity contribution in [1.29, 1.82) is 0 Å². The summed E-state index contributed by atoms with van der Waals surface area (Å²) in [4.78, 5) is 0. The highest BCUT2D eigenvalue weighted by molar-refractivity contribution is 9.11. The molecule has 11 heavy (non-hydrogen) atoms. The first-order valence-electron chi connectivity index (χ1n) is 4.27. The predicted molar refractivity (Wildman–Crippen MR) is 53.8 cm³/mol. The molecule has 0 aromatic carbocycles. The fourth-order valence-corrected chi connectivity index (χ4v) is 1.35. The third-order valence-electron chi connectivity index (χ3n) is 2.04. The van der Waals surface area contributed by atoms with Gasteiger partial charge in [-0.2, -0.15) is 0 Å². The van der Waals surface area contributed by atoms with Crippen LogP contribution in [0.2, 0.25) is 0 Å². The topological polar surface area (TPSA) is 0 Å². The van der Waals surface area contributed by atoms with Crippen LogP contribution in [0.4, 0.5) is 0 Å². The van der Waals surface area contributed by atoms with Gasteiger partial charge in [0, 0.05) is 0 Å². The summed E-state index contributed by atoms with van der Waals surface area (Å²) in [6.07, 6.45) is 8.45. The monoisotopic (exact) mass is 214 g/mol. The molecule has 0 amide bonds. The SMILES string of the molecule is CC/C(=C\C=C(/C)Br)C1CC1. The Labute approximate surface area is 77.5 Å². The van der Waals surface area contributed by atoms with Crippen molar-refractivity contribution >= 4 is 15.9 Å². The highest BCUT2D eigenvalue weighted by Crippen LogP contribution is 2.37. The van der Waals surface area contributed by atoms with E-state index in [0.717, 1.165) is 5.92 Å². The Hall–Kier alpha value is -0.0400. The molecule has 0 radical (unpaired) electrons. The van der Waals surface area contributed by atoms with Gasteiger partial charge >= 0.3 is 0 Å². The van der Waals surface area contributed by atoms with Gasteiger partial charge in [0.05, 0.1) is 0 Å². The maximum Gasteiger partial charge on any atom is -0.00804 e. The second kappa shape index (κ2) is 4.10. The lowest BCUT2D eigenvalue weighted by Gasteiger charge is -1.97. The number of rotatable bonds is 3. The summed E-state index contributed by atoms with van der Waals surface area (Å²) in [7, 11) is 0. The normalized spacial score (nSPS) is 20.6. The Bertz CT molecular complexity index is 181. The lowest BCUT2D eigenvalue weighted by molar-refractivity contribution is 0.912. The Kier molecular flexibility index (Phi) is 3.38. The average molecular weight is 215 g/mol. The van der Waals surface area contributed by atoms with E-state index in [0.29, 0.717) is 0 Å². The molecule has 1 rings (SSSR count). The maximum absolute atomic E-state index is 3.42. The van der Waals surface area contributed by atoms with Crippen molar-refractivity contribution in [2.75, 3.05) is 0 Å². The first-order valence-corrected chi connectivity index (χ1v) is 5.06. The van der Waals surface area contributed by atoms with E-state index in [4.69, 9.17) is 0 Å². The Morgan fingerprint density at radius 2 is 2.09 bits per heavy atom. The van der Waals surface area contributed by atoms with Crippen LogP contribution in [-0.4, -0.2) is 0 Å². The summed E-state index contributed by atoms with van der Waals surface area (Å²) in [5, 5.41) is 0. The first kappa shape index (κ1) is 9.05. The van der Waals surface area contributed by atoms with Gasteiger partial charge < -0.3 is 0 Å². The molecule has 1 fully saturated rings. The van der Waals surface area contributed by atoms with Crippen LogP contribution in [0.1, 0.15) is 33.1 Å². The molecule has 1 aliphatic rings. The molecule has 0 bridgehead atoms. The maximum atomic E-state index is 3.42. The molecule has 0 aliphatic heterocycles. The average Bonchev–Trinajstić information content (AvgIpc) is 2.72. The highest BCUT2D eigenvalue weighted by atomic mass is 79.9. The molecule has 0 nitrogen and oxygen atoms in total. The molecule has 0 aromatic rings.